The highest BCUT2D eigenvalue weighted by molar-refractivity contribution is 5.76. The van der Waals surface area contributed by atoms with Gasteiger partial charge in [0.25, 0.3) is 0 Å². The molecule has 144 valence electrons. The van der Waals surface area contributed by atoms with Crippen LogP contribution in [0.15, 0.2) is 18.2 Å². The van der Waals surface area contributed by atoms with E-state index in [4.69, 9.17) is 0 Å². The van der Waals surface area contributed by atoms with Gasteiger partial charge in [-0.1, -0.05) is 6.07 Å². The largest absolute Gasteiger partial charge is 0.353 e. The summed E-state index contributed by atoms with van der Waals surface area (Å²) in [5.41, 5.74) is 0.786. The molecule has 2 fully saturated rings. The van der Waals surface area contributed by atoms with Gasteiger partial charge in [0.2, 0.25) is 5.91 Å². The summed E-state index contributed by atoms with van der Waals surface area (Å²) in [6.45, 7) is 4.48. The molecule has 0 atom stereocenters. The second-order valence-corrected chi connectivity index (χ2v) is 7.60. The summed E-state index contributed by atoms with van der Waals surface area (Å²) < 4.78 is 26.3. The standard InChI is InChI=1S/C20H29F2N3O/c21-18-3-1-16(13-19(18)22)14-25-11-7-17(8-12-25)24-20(26)4-2-15-5-9-23-10-6-15/h1,3,13,15,17,23H,2,4-12,14H2,(H,24,26). The Morgan fingerprint density at radius 1 is 1.12 bits per heavy atom. The lowest BCUT2D eigenvalue weighted by atomic mass is 9.93. The first kappa shape index (κ1) is 19.2. The van der Waals surface area contributed by atoms with Gasteiger partial charge in [0.05, 0.1) is 0 Å². The van der Waals surface area contributed by atoms with Crippen molar-refractivity contribution in [2.45, 2.75) is 51.1 Å². The average Bonchev–Trinajstić information content (AvgIpc) is 2.65. The number of carbonyl (C=O) groups excluding carboxylic acids is 1. The van der Waals surface area contributed by atoms with E-state index in [1.165, 1.54) is 25.0 Å². The summed E-state index contributed by atoms with van der Waals surface area (Å²) in [7, 11) is 0. The van der Waals surface area contributed by atoms with Crippen LogP contribution in [0.4, 0.5) is 8.78 Å². The molecule has 2 heterocycles. The molecule has 2 saturated heterocycles. The van der Waals surface area contributed by atoms with Crippen molar-refractivity contribution >= 4 is 5.91 Å². The van der Waals surface area contributed by atoms with Crippen LogP contribution in [0.1, 0.15) is 44.1 Å². The molecule has 0 saturated carbocycles. The van der Waals surface area contributed by atoms with Crippen molar-refractivity contribution in [2.75, 3.05) is 26.2 Å². The topological polar surface area (TPSA) is 44.4 Å². The minimum atomic E-state index is -0.806. The summed E-state index contributed by atoms with van der Waals surface area (Å²) in [6, 6.07) is 4.31. The number of rotatable bonds is 6. The van der Waals surface area contributed by atoms with Crippen molar-refractivity contribution in [3.05, 3.63) is 35.4 Å². The van der Waals surface area contributed by atoms with E-state index in [0.717, 1.165) is 51.0 Å². The maximum atomic E-state index is 13.3. The van der Waals surface area contributed by atoms with E-state index in [9.17, 15) is 13.6 Å². The number of benzene rings is 1. The first-order valence-electron chi connectivity index (χ1n) is 9.76. The number of amides is 1. The van der Waals surface area contributed by atoms with Crippen LogP contribution in [0.2, 0.25) is 0 Å². The number of piperidine rings is 2. The van der Waals surface area contributed by atoms with E-state index in [1.54, 1.807) is 6.07 Å². The third-order valence-electron chi connectivity index (χ3n) is 5.58. The summed E-state index contributed by atoms with van der Waals surface area (Å²) in [5, 5.41) is 6.52. The van der Waals surface area contributed by atoms with Crippen molar-refractivity contribution in [1.82, 2.24) is 15.5 Å². The van der Waals surface area contributed by atoms with E-state index in [-0.39, 0.29) is 11.9 Å². The molecule has 0 aliphatic carbocycles. The van der Waals surface area contributed by atoms with Crippen molar-refractivity contribution in [3.63, 3.8) is 0 Å². The zero-order valence-electron chi connectivity index (χ0n) is 15.3. The summed E-state index contributed by atoms with van der Waals surface area (Å²) in [5.74, 6) is -0.749. The van der Waals surface area contributed by atoms with Gasteiger partial charge in [0.15, 0.2) is 11.6 Å². The molecule has 1 aromatic carbocycles. The van der Waals surface area contributed by atoms with Gasteiger partial charge in [-0.25, -0.2) is 8.78 Å². The molecule has 6 heteroatoms. The van der Waals surface area contributed by atoms with E-state index in [2.05, 4.69) is 15.5 Å². The van der Waals surface area contributed by atoms with Crippen LogP contribution in [-0.2, 0) is 11.3 Å². The third-order valence-corrected chi connectivity index (χ3v) is 5.58. The smallest absolute Gasteiger partial charge is 0.220 e. The number of likely N-dealkylation sites (tertiary alicyclic amines) is 1. The monoisotopic (exact) mass is 365 g/mol. The minimum absolute atomic E-state index is 0.169. The molecule has 1 amide bonds. The van der Waals surface area contributed by atoms with Gasteiger partial charge in [-0.3, -0.25) is 9.69 Å². The number of nitrogens with one attached hydrogen (secondary N) is 2. The van der Waals surface area contributed by atoms with Gasteiger partial charge in [0.1, 0.15) is 0 Å². The Labute approximate surface area is 154 Å². The van der Waals surface area contributed by atoms with E-state index < -0.39 is 11.6 Å². The Hall–Kier alpha value is -1.53. The van der Waals surface area contributed by atoms with Crippen molar-refractivity contribution < 1.29 is 13.6 Å². The van der Waals surface area contributed by atoms with Crippen LogP contribution in [0.5, 0.6) is 0 Å². The van der Waals surface area contributed by atoms with Gasteiger partial charge in [0, 0.05) is 32.1 Å². The van der Waals surface area contributed by atoms with Crippen LogP contribution in [0.3, 0.4) is 0 Å². The molecule has 0 bridgehead atoms. The predicted molar refractivity (Wildman–Crippen MR) is 97.6 cm³/mol. The Kier molecular flexibility index (Phi) is 6.97. The molecule has 0 aromatic heterocycles. The first-order valence-corrected chi connectivity index (χ1v) is 9.76. The third kappa shape index (κ3) is 5.74. The number of hydrogen-bond donors (Lipinski definition) is 2. The maximum absolute atomic E-state index is 13.3. The lowest BCUT2D eigenvalue weighted by molar-refractivity contribution is -0.122. The number of nitrogens with zero attached hydrogens (tertiary/aromatic N) is 1. The summed E-state index contributed by atoms with van der Waals surface area (Å²) in [6.07, 6.45) is 5.78. The Bertz CT molecular complexity index is 597. The second kappa shape index (κ2) is 9.42. The molecule has 0 spiro atoms. The van der Waals surface area contributed by atoms with Crippen LogP contribution in [0, 0.1) is 17.6 Å². The molecule has 4 nitrogen and oxygen atoms in total. The lowest BCUT2D eigenvalue weighted by Gasteiger charge is -2.32. The van der Waals surface area contributed by atoms with Crippen LogP contribution in [-0.4, -0.2) is 43.0 Å². The molecule has 0 unspecified atom stereocenters. The fraction of sp³-hybridized carbons (Fsp3) is 0.650. The predicted octanol–water partition coefficient (Wildman–Crippen LogP) is 2.83. The normalized spacial score (nSPS) is 20.2. The zero-order chi connectivity index (χ0) is 18.4. The fourth-order valence-electron chi connectivity index (χ4n) is 3.94. The minimum Gasteiger partial charge on any atom is -0.353 e. The van der Waals surface area contributed by atoms with Gasteiger partial charge in [-0.15, -0.1) is 0 Å². The molecule has 26 heavy (non-hydrogen) atoms. The zero-order valence-corrected chi connectivity index (χ0v) is 15.3. The average molecular weight is 365 g/mol. The fourth-order valence-corrected chi connectivity index (χ4v) is 3.94. The molecule has 2 N–H and O–H groups in total. The number of carbonyl (C=O) groups is 1. The van der Waals surface area contributed by atoms with Gasteiger partial charge in [-0.2, -0.15) is 0 Å². The van der Waals surface area contributed by atoms with E-state index in [1.807, 2.05) is 0 Å². The van der Waals surface area contributed by atoms with E-state index in [0.29, 0.717) is 18.9 Å². The Balaban J connectivity index is 1.35. The summed E-state index contributed by atoms with van der Waals surface area (Å²) in [4.78, 5) is 14.4. The first-order chi connectivity index (χ1) is 12.6. The number of halogens is 2. The highest BCUT2D eigenvalue weighted by Gasteiger charge is 2.21. The molecule has 2 aliphatic rings. The molecule has 3 rings (SSSR count). The molecular formula is C20H29F2N3O. The lowest BCUT2D eigenvalue weighted by Crippen LogP contribution is -2.44. The van der Waals surface area contributed by atoms with Crippen LogP contribution >= 0.6 is 0 Å². The second-order valence-electron chi connectivity index (χ2n) is 7.60. The maximum Gasteiger partial charge on any atom is 0.220 e. The Morgan fingerprint density at radius 2 is 1.85 bits per heavy atom. The molecule has 2 aliphatic heterocycles. The van der Waals surface area contributed by atoms with E-state index >= 15 is 0 Å². The van der Waals surface area contributed by atoms with Gasteiger partial charge < -0.3 is 10.6 Å². The van der Waals surface area contributed by atoms with Crippen LogP contribution in [0.25, 0.3) is 0 Å². The van der Waals surface area contributed by atoms with Gasteiger partial charge >= 0.3 is 0 Å². The highest BCUT2D eigenvalue weighted by atomic mass is 19.2. The highest BCUT2D eigenvalue weighted by Crippen LogP contribution is 2.19. The quantitative estimate of drug-likeness (QED) is 0.815. The van der Waals surface area contributed by atoms with Gasteiger partial charge in [-0.05, 0) is 68.8 Å². The van der Waals surface area contributed by atoms with Crippen molar-refractivity contribution in [2.24, 2.45) is 5.92 Å². The van der Waals surface area contributed by atoms with Crippen molar-refractivity contribution in [3.8, 4) is 0 Å². The van der Waals surface area contributed by atoms with Crippen molar-refractivity contribution in [1.29, 1.82) is 0 Å². The molecule has 1 aromatic rings. The number of hydrogen-bond acceptors (Lipinski definition) is 3. The SMILES string of the molecule is O=C(CCC1CCNCC1)NC1CCN(Cc2ccc(F)c(F)c2)CC1. The Morgan fingerprint density at radius 3 is 2.54 bits per heavy atom. The molecular weight excluding hydrogens is 336 g/mol. The molecule has 0 radical (unpaired) electrons. The summed E-state index contributed by atoms with van der Waals surface area (Å²) >= 11 is 0. The van der Waals surface area contributed by atoms with Crippen LogP contribution < -0.4 is 10.6 Å².